The average molecular weight is 451 g/mol. The number of benzene rings is 1. The van der Waals surface area contributed by atoms with Crippen molar-refractivity contribution in [3.05, 3.63) is 54.8 Å². The van der Waals surface area contributed by atoms with Crippen molar-refractivity contribution in [2.45, 2.75) is 6.92 Å². The van der Waals surface area contributed by atoms with Crippen molar-refractivity contribution in [3.8, 4) is 0 Å². The molecular weight excluding hydrogens is 442 g/mol. The van der Waals surface area contributed by atoms with Crippen LogP contribution in [0.25, 0.3) is 0 Å². The number of carbonyl (C=O) groups is 1. The average Bonchev–Trinajstić information content (AvgIpc) is 2.33. The summed E-state index contributed by atoms with van der Waals surface area (Å²) in [7, 11) is 0. The number of hydrogen-bond donors (Lipinski definition) is 1. The number of carbonyl (C=O) groups excluding carboxylic acids is 1. The van der Waals surface area contributed by atoms with E-state index in [1.54, 1.807) is 6.07 Å². The number of nitrogens with zero attached hydrogens (tertiary/aromatic N) is 1. The highest BCUT2D eigenvalue weighted by atomic mass is 127. The normalized spacial score (nSPS) is 10.3. The smallest absolute Gasteiger partial charge is 0.258 e. The Bertz CT molecular complexity index is 649. The van der Waals surface area contributed by atoms with Crippen molar-refractivity contribution in [1.82, 2.24) is 4.98 Å². The van der Waals surface area contributed by atoms with Crippen LogP contribution in [0.15, 0.2) is 34.9 Å². The molecule has 0 bridgehead atoms. The van der Waals surface area contributed by atoms with Gasteiger partial charge in [0.1, 0.15) is 0 Å². The third-order valence-electron chi connectivity index (χ3n) is 2.41. The molecule has 1 aromatic heterocycles. The third-order valence-corrected chi connectivity index (χ3v) is 5.06. The van der Waals surface area contributed by atoms with E-state index in [2.05, 4.69) is 48.8 Å². The third kappa shape index (κ3) is 3.67. The number of aromatic nitrogens is 1. The van der Waals surface area contributed by atoms with Gasteiger partial charge in [-0.3, -0.25) is 9.78 Å². The molecule has 19 heavy (non-hydrogen) atoms. The van der Waals surface area contributed by atoms with Crippen LogP contribution in [-0.4, -0.2) is 10.9 Å². The zero-order valence-electron chi connectivity index (χ0n) is 9.88. The summed E-state index contributed by atoms with van der Waals surface area (Å²) in [5.41, 5.74) is 1.84. The number of aryl methyl sites for hydroxylation is 1. The van der Waals surface area contributed by atoms with Gasteiger partial charge in [-0.25, -0.2) is 0 Å². The zero-order chi connectivity index (χ0) is 14.0. The van der Waals surface area contributed by atoms with Gasteiger partial charge in [0.15, 0.2) is 0 Å². The fraction of sp³-hybridized carbons (Fsp3) is 0.0769. The number of hydrogen-bond acceptors (Lipinski definition) is 2. The molecule has 98 valence electrons. The molecule has 0 atom stereocenters. The van der Waals surface area contributed by atoms with Crippen LogP contribution in [-0.2, 0) is 0 Å². The Morgan fingerprint density at radius 3 is 2.79 bits per heavy atom. The summed E-state index contributed by atoms with van der Waals surface area (Å²) < 4.78 is 2.00. The molecule has 0 aliphatic heterocycles. The van der Waals surface area contributed by atoms with E-state index < -0.39 is 0 Å². The van der Waals surface area contributed by atoms with Crippen molar-refractivity contribution in [2.75, 3.05) is 5.32 Å². The lowest BCUT2D eigenvalue weighted by molar-refractivity contribution is 0.102. The molecule has 1 aromatic carbocycles. The summed E-state index contributed by atoms with van der Waals surface area (Å²) in [4.78, 5) is 16.2. The van der Waals surface area contributed by atoms with E-state index in [0.717, 1.165) is 13.7 Å². The number of nitrogens with one attached hydrogen (secondary N) is 1. The van der Waals surface area contributed by atoms with E-state index in [0.29, 0.717) is 16.3 Å². The standard InChI is InChI=1S/C13H9BrClIN2O/c1-7-4-11(15)9(6-17-7)13(19)18-8-2-3-12(16)10(14)5-8/h2-6H,1H3,(H,18,19). The van der Waals surface area contributed by atoms with Crippen LogP contribution in [0, 0.1) is 10.5 Å². The fourth-order valence-electron chi connectivity index (χ4n) is 1.47. The van der Waals surface area contributed by atoms with Crippen LogP contribution < -0.4 is 5.32 Å². The number of amides is 1. The first kappa shape index (κ1) is 14.7. The molecule has 2 rings (SSSR count). The Hall–Kier alpha value is -0.660. The van der Waals surface area contributed by atoms with Gasteiger partial charge >= 0.3 is 0 Å². The van der Waals surface area contributed by atoms with Crippen molar-refractivity contribution in [2.24, 2.45) is 0 Å². The molecule has 2 aromatic rings. The van der Waals surface area contributed by atoms with Gasteiger partial charge in [-0.05, 0) is 69.7 Å². The predicted molar refractivity (Wildman–Crippen MR) is 88.8 cm³/mol. The molecule has 3 nitrogen and oxygen atoms in total. The minimum absolute atomic E-state index is 0.273. The summed E-state index contributed by atoms with van der Waals surface area (Å²) in [5, 5.41) is 3.19. The minimum Gasteiger partial charge on any atom is -0.322 e. The highest BCUT2D eigenvalue weighted by molar-refractivity contribution is 14.1. The van der Waals surface area contributed by atoms with E-state index in [1.807, 2.05) is 25.1 Å². The molecule has 1 heterocycles. The molecule has 0 aliphatic carbocycles. The van der Waals surface area contributed by atoms with E-state index >= 15 is 0 Å². The molecule has 0 aliphatic rings. The SMILES string of the molecule is Cc1cc(Cl)c(C(=O)Nc2ccc(I)c(Br)c2)cn1. The van der Waals surface area contributed by atoms with Crippen LogP contribution in [0.4, 0.5) is 5.69 Å². The number of rotatable bonds is 2. The van der Waals surface area contributed by atoms with Crippen LogP contribution in [0.2, 0.25) is 5.02 Å². The monoisotopic (exact) mass is 450 g/mol. The van der Waals surface area contributed by atoms with Crippen LogP contribution in [0.1, 0.15) is 16.1 Å². The Labute approximate surface area is 138 Å². The van der Waals surface area contributed by atoms with Gasteiger partial charge in [0, 0.05) is 25.6 Å². The lowest BCUT2D eigenvalue weighted by Crippen LogP contribution is -2.13. The lowest BCUT2D eigenvalue weighted by atomic mass is 10.2. The lowest BCUT2D eigenvalue weighted by Gasteiger charge is -2.08. The summed E-state index contributed by atoms with van der Waals surface area (Å²) in [5.74, 6) is -0.273. The molecule has 0 spiro atoms. The summed E-state index contributed by atoms with van der Waals surface area (Å²) in [6.45, 7) is 1.82. The van der Waals surface area contributed by atoms with Gasteiger partial charge in [-0.15, -0.1) is 0 Å². The molecule has 1 N–H and O–H groups in total. The molecule has 0 saturated heterocycles. The predicted octanol–water partition coefficient (Wildman–Crippen LogP) is 4.66. The summed E-state index contributed by atoms with van der Waals surface area (Å²) >= 11 is 11.7. The van der Waals surface area contributed by atoms with Crippen molar-refractivity contribution in [1.29, 1.82) is 0 Å². The van der Waals surface area contributed by atoms with Crippen LogP contribution >= 0.6 is 50.1 Å². The summed E-state index contributed by atoms with van der Waals surface area (Å²) in [6.07, 6.45) is 1.48. The highest BCUT2D eigenvalue weighted by Crippen LogP contribution is 2.24. The van der Waals surface area contributed by atoms with Gasteiger partial charge < -0.3 is 5.32 Å². The molecule has 6 heteroatoms. The second kappa shape index (κ2) is 6.19. The molecule has 0 radical (unpaired) electrons. The van der Waals surface area contributed by atoms with Gasteiger partial charge in [0.2, 0.25) is 0 Å². The number of halogens is 3. The van der Waals surface area contributed by atoms with E-state index in [4.69, 9.17) is 11.6 Å². The second-order valence-corrected chi connectivity index (χ2v) is 6.31. The highest BCUT2D eigenvalue weighted by Gasteiger charge is 2.11. The largest absolute Gasteiger partial charge is 0.322 e. The Morgan fingerprint density at radius 1 is 1.42 bits per heavy atom. The van der Waals surface area contributed by atoms with Gasteiger partial charge in [0.05, 0.1) is 10.6 Å². The van der Waals surface area contributed by atoms with Crippen molar-refractivity contribution < 1.29 is 4.79 Å². The van der Waals surface area contributed by atoms with Crippen molar-refractivity contribution >= 4 is 61.7 Å². The van der Waals surface area contributed by atoms with Crippen molar-refractivity contribution in [3.63, 3.8) is 0 Å². The molecule has 0 saturated carbocycles. The fourth-order valence-corrected chi connectivity index (χ4v) is 2.47. The number of anilines is 1. The van der Waals surface area contributed by atoms with Crippen LogP contribution in [0.5, 0.6) is 0 Å². The van der Waals surface area contributed by atoms with Crippen LogP contribution in [0.3, 0.4) is 0 Å². The first-order chi connectivity index (χ1) is 8.97. The zero-order valence-corrected chi connectivity index (χ0v) is 14.4. The minimum atomic E-state index is -0.273. The maximum Gasteiger partial charge on any atom is 0.258 e. The van der Waals surface area contributed by atoms with Gasteiger partial charge in [0.25, 0.3) is 5.91 Å². The quantitative estimate of drug-likeness (QED) is 0.675. The van der Waals surface area contributed by atoms with E-state index in [-0.39, 0.29) is 5.91 Å². The Balaban J connectivity index is 2.23. The maximum absolute atomic E-state index is 12.1. The Kier molecular flexibility index (Phi) is 4.81. The van der Waals surface area contributed by atoms with E-state index in [1.165, 1.54) is 6.20 Å². The van der Waals surface area contributed by atoms with Gasteiger partial charge in [-0.2, -0.15) is 0 Å². The topological polar surface area (TPSA) is 42.0 Å². The van der Waals surface area contributed by atoms with Gasteiger partial charge in [-0.1, -0.05) is 11.6 Å². The maximum atomic E-state index is 12.1. The number of pyridine rings is 1. The first-order valence-corrected chi connectivity index (χ1v) is 7.61. The Morgan fingerprint density at radius 2 is 2.16 bits per heavy atom. The molecular formula is C13H9BrClIN2O. The first-order valence-electron chi connectivity index (χ1n) is 5.36. The second-order valence-electron chi connectivity index (χ2n) is 3.89. The summed E-state index contributed by atoms with van der Waals surface area (Å²) in [6, 6.07) is 7.25. The molecule has 0 unspecified atom stereocenters. The molecule has 1 amide bonds. The molecule has 0 fully saturated rings. The van der Waals surface area contributed by atoms with E-state index in [9.17, 15) is 4.79 Å².